The predicted octanol–water partition coefficient (Wildman–Crippen LogP) is 1.49. The molecule has 0 radical (unpaired) electrons. The standard InChI is InChI=1S/C24H21N3O4/c1-13-9-14(2)20-17(10-13)11-18(21(28)25-20)12-19-22(29)26-24(31)27(23(19)30)15(3)16-7-5-4-6-8-16/h4-12,15,30H,1-3H3,(H,26,29,31)/t15-/m0/s1. The zero-order valence-corrected chi connectivity index (χ0v) is 17.3. The van der Waals surface area contributed by atoms with E-state index in [1.165, 1.54) is 6.08 Å². The van der Waals surface area contributed by atoms with Gasteiger partial charge in [-0.05, 0) is 50.1 Å². The topological polar surface area (TPSA) is 105 Å². The molecule has 1 aromatic heterocycles. The lowest BCUT2D eigenvalue weighted by Gasteiger charge is -2.18. The molecule has 1 aliphatic heterocycles. The van der Waals surface area contributed by atoms with Crippen LogP contribution in [0, 0.1) is 13.8 Å². The van der Waals surface area contributed by atoms with E-state index in [9.17, 15) is 19.5 Å². The molecule has 2 heterocycles. The van der Waals surface area contributed by atoms with E-state index in [0.717, 1.165) is 26.5 Å². The Balaban J connectivity index is 1.90. The summed E-state index contributed by atoms with van der Waals surface area (Å²) in [4.78, 5) is 43.9. The summed E-state index contributed by atoms with van der Waals surface area (Å²) in [7, 11) is 0. The molecule has 7 heteroatoms. The van der Waals surface area contributed by atoms with Crippen molar-refractivity contribution in [3.05, 3.63) is 102 Å². The molecule has 3 aromatic rings. The number of amides is 1. The van der Waals surface area contributed by atoms with E-state index in [2.05, 4.69) is 9.98 Å². The molecule has 0 fully saturated rings. The average molecular weight is 415 g/mol. The second-order valence-electron chi connectivity index (χ2n) is 7.63. The zero-order valence-electron chi connectivity index (χ0n) is 17.3. The molecule has 4 rings (SSSR count). The number of benzene rings is 2. The molecule has 7 nitrogen and oxygen atoms in total. The highest BCUT2D eigenvalue weighted by Crippen LogP contribution is 2.23. The maximum atomic E-state index is 12.6. The minimum Gasteiger partial charge on any atom is -0.494 e. The summed E-state index contributed by atoms with van der Waals surface area (Å²) in [6, 6.07) is 12.4. The number of aromatic hydroxyl groups is 1. The minimum atomic E-state index is -0.779. The zero-order chi connectivity index (χ0) is 22.3. The minimum absolute atomic E-state index is 0.149. The van der Waals surface area contributed by atoms with Crippen molar-refractivity contribution >= 4 is 18.1 Å². The fourth-order valence-electron chi connectivity index (χ4n) is 3.83. The summed E-state index contributed by atoms with van der Waals surface area (Å²) >= 11 is 0. The number of hydrogen-bond donors (Lipinski definition) is 2. The lowest BCUT2D eigenvalue weighted by Crippen LogP contribution is -2.34. The molecule has 0 aliphatic carbocycles. The summed E-state index contributed by atoms with van der Waals surface area (Å²) in [5, 5.41) is 12.2. The largest absolute Gasteiger partial charge is 0.494 e. The lowest BCUT2D eigenvalue weighted by molar-refractivity contribution is -0.114. The van der Waals surface area contributed by atoms with E-state index in [4.69, 9.17) is 0 Å². The highest BCUT2D eigenvalue weighted by atomic mass is 16.3. The summed E-state index contributed by atoms with van der Waals surface area (Å²) in [6.45, 7) is 5.56. The van der Waals surface area contributed by atoms with Gasteiger partial charge < -0.3 is 5.11 Å². The van der Waals surface area contributed by atoms with Gasteiger partial charge in [0.1, 0.15) is 5.56 Å². The third-order valence-corrected chi connectivity index (χ3v) is 5.37. The first kappa shape index (κ1) is 20.3. The normalized spacial score (nSPS) is 15.2. The number of aromatic nitrogens is 2. The molecular weight excluding hydrogens is 394 g/mol. The van der Waals surface area contributed by atoms with Gasteiger partial charge in [-0.2, -0.15) is 0 Å². The summed E-state index contributed by atoms with van der Waals surface area (Å²) in [5.41, 5.74) is 1.13. The van der Waals surface area contributed by atoms with Gasteiger partial charge in [-0.25, -0.2) is 9.79 Å². The Morgan fingerprint density at radius 3 is 2.52 bits per heavy atom. The van der Waals surface area contributed by atoms with Gasteiger partial charge in [0.05, 0.1) is 11.4 Å². The van der Waals surface area contributed by atoms with Crippen molar-refractivity contribution in [2.24, 2.45) is 4.99 Å². The van der Waals surface area contributed by atoms with Crippen LogP contribution < -0.4 is 21.8 Å². The third-order valence-electron chi connectivity index (χ3n) is 5.37. The highest BCUT2D eigenvalue weighted by molar-refractivity contribution is 6.07. The van der Waals surface area contributed by atoms with Crippen LogP contribution in [-0.2, 0) is 4.79 Å². The van der Waals surface area contributed by atoms with Gasteiger partial charge in [0.15, 0.2) is 0 Å². The summed E-state index contributed by atoms with van der Waals surface area (Å²) in [5.74, 6) is -1.03. The van der Waals surface area contributed by atoms with Crippen LogP contribution in [-0.4, -0.2) is 20.6 Å². The van der Waals surface area contributed by atoms with Crippen molar-refractivity contribution < 1.29 is 9.90 Å². The molecular formula is C24H21N3O4. The second kappa shape index (κ2) is 7.68. The predicted molar refractivity (Wildman–Crippen MR) is 117 cm³/mol. The second-order valence-corrected chi connectivity index (χ2v) is 7.63. The van der Waals surface area contributed by atoms with Crippen molar-refractivity contribution in [3.8, 4) is 5.88 Å². The van der Waals surface area contributed by atoms with Gasteiger partial charge in [-0.1, -0.05) is 42.0 Å². The van der Waals surface area contributed by atoms with Crippen molar-refractivity contribution in [3.63, 3.8) is 0 Å². The van der Waals surface area contributed by atoms with Crippen LogP contribution in [0.15, 0.2) is 62.6 Å². The van der Waals surface area contributed by atoms with Gasteiger partial charge in [0, 0.05) is 10.8 Å². The van der Waals surface area contributed by atoms with E-state index in [0.29, 0.717) is 5.36 Å². The van der Waals surface area contributed by atoms with Crippen LogP contribution in [0.1, 0.15) is 35.2 Å². The molecule has 2 aromatic carbocycles. The Morgan fingerprint density at radius 2 is 1.81 bits per heavy atom. The number of carbonyl (C=O) groups is 1. The monoisotopic (exact) mass is 415 g/mol. The molecule has 0 bridgehead atoms. The number of aryl methyl sites for hydroxylation is 2. The number of hydrogen-bond acceptors (Lipinski definition) is 4. The first-order valence-corrected chi connectivity index (χ1v) is 9.82. The van der Waals surface area contributed by atoms with Gasteiger partial charge in [0.25, 0.3) is 11.5 Å². The number of aromatic amines is 1. The molecule has 1 atom stereocenters. The van der Waals surface area contributed by atoms with Crippen LogP contribution in [0.3, 0.4) is 0 Å². The molecule has 31 heavy (non-hydrogen) atoms. The Bertz CT molecular complexity index is 1480. The number of H-pyrrole nitrogens is 1. The van der Waals surface area contributed by atoms with Crippen LogP contribution in [0.2, 0.25) is 0 Å². The van der Waals surface area contributed by atoms with Gasteiger partial charge in [0.2, 0.25) is 5.88 Å². The Labute approximate surface area is 177 Å². The van der Waals surface area contributed by atoms with Crippen LogP contribution >= 0.6 is 0 Å². The Morgan fingerprint density at radius 1 is 1.10 bits per heavy atom. The van der Waals surface area contributed by atoms with Crippen molar-refractivity contribution in [1.82, 2.24) is 9.55 Å². The lowest BCUT2D eigenvalue weighted by atomic mass is 10.0. The SMILES string of the molecule is Cc1cc(C)c2c(c1)=CC(=Cc1c(O)n([C@@H](C)c3ccccc3)c(=O)[nH]c1=O)C(=O)N=2. The molecule has 156 valence electrons. The van der Waals surface area contributed by atoms with Crippen LogP contribution in [0.25, 0.3) is 12.2 Å². The van der Waals surface area contributed by atoms with Gasteiger partial charge in [-0.3, -0.25) is 19.1 Å². The number of carbonyl (C=O) groups excluding carboxylic acids is 1. The maximum Gasteiger partial charge on any atom is 0.331 e. The van der Waals surface area contributed by atoms with E-state index in [1.54, 1.807) is 13.0 Å². The third kappa shape index (κ3) is 3.66. The fourth-order valence-corrected chi connectivity index (χ4v) is 3.83. The van der Waals surface area contributed by atoms with Crippen molar-refractivity contribution in [1.29, 1.82) is 0 Å². The van der Waals surface area contributed by atoms with E-state index in [-0.39, 0.29) is 11.1 Å². The molecule has 0 spiro atoms. The number of nitrogens with one attached hydrogen (secondary N) is 1. The number of rotatable bonds is 3. The van der Waals surface area contributed by atoms with E-state index >= 15 is 0 Å². The average Bonchev–Trinajstić information content (AvgIpc) is 2.72. The van der Waals surface area contributed by atoms with E-state index in [1.807, 2.05) is 56.3 Å². The highest BCUT2D eigenvalue weighted by Gasteiger charge is 2.20. The number of nitrogens with zero attached hydrogens (tertiary/aromatic N) is 2. The van der Waals surface area contributed by atoms with Crippen molar-refractivity contribution in [2.45, 2.75) is 26.8 Å². The van der Waals surface area contributed by atoms with Gasteiger partial charge in [-0.15, -0.1) is 0 Å². The Hall–Kier alpha value is -4.00. The smallest absolute Gasteiger partial charge is 0.331 e. The summed E-state index contributed by atoms with van der Waals surface area (Å²) < 4.78 is 1.09. The molecule has 1 amide bonds. The molecule has 1 aliphatic rings. The quantitative estimate of drug-likeness (QED) is 0.633. The van der Waals surface area contributed by atoms with Gasteiger partial charge >= 0.3 is 5.69 Å². The first-order valence-electron chi connectivity index (χ1n) is 9.82. The first-order chi connectivity index (χ1) is 14.8. The number of fused-ring (bicyclic) bond motifs is 1. The van der Waals surface area contributed by atoms with Crippen molar-refractivity contribution in [2.75, 3.05) is 0 Å². The van der Waals surface area contributed by atoms with Crippen LogP contribution in [0.5, 0.6) is 5.88 Å². The molecule has 2 N–H and O–H groups in total. The van der Waals surface area contributed by atoms with Crippen LogP contribution in [0.4, 0.5) is 0 Å². The molecule has 0 saturated heterocycles. The van der Waals surface area contributed by atoms with E-state index < -0.39 is 29.1 Å². The Kier molecular flexibility index (Phi) is 5.02. The summed E-state index contributed by atoms with van der Waals surface area (Å²) in [6.07, 6.45) is 2.91. The fraction of sp³-hybridized carbons (Fsp3) is 0.167. The maximum absolute atomic E-state index is 12.6. The molecule has 0 saturated carbocycles. The molecule has 0 unspecified atom stereocenters.